The maximum atomic E-state index is 11.4. The fourth-order valence-corrected chi connectivity index (χ4v) is 1.41. The molecular weight excluding hydrogens is 262 g/mol. The lowest BCUT2D eigenvalue weighted by molar-refractivity contribution is 0.0636. The van der Waals surface area contributed by atoms with Gasteiger partial charge in [-0.3, -0.25) is 10.00 Å². The Labute approximate surface area is 96.9 Å². The number of halogens is 1. The summed E-state index contributed by atoms with van der Waals surface area (Å²) in [6.07, 6.45) is 1.20. The van der Waals surface area contributed by atoms with E-state index in [1.807, 2.05) is 20.8 Å². The van der Waals surface area contributed by atoms with Gasteiger partial charge >= 0.3 is 6.09 Å². The van der Waals surface area contributed by atoms with Gasteiger partial charge in [-0.2, -0.15) is 5.10 Å². The summed E-state index contributed by atoms with van der Waals surface area (Å²) < 4.78 is 7.27. The molecule has 0 aromatic carbocycles. The molecule has 0 atom stereocenters. The average molecular weight is 276 g/mol. The second-order valence-electron chi connectivity index (χ2n) is 4.13. The first-order chi connectivity index (χ1) is 6.78. The molecule has 0 aliphatic heterocycles. The van der Waals surface area contributed by atoms with Crippen molar-refractivity contribution in [3.05, 3.63) is 10.8 Å². The lowest BCUT2D eigenvalue weighted by atomic mass is 10.2. The molecule has 0 unspecified atom stereocenters. The van der Waals surface area contributed by atoms with Crippen molar-refractivity contribution in [3.8, 4) is 0 Å². The summed E-state index contributed by atoms with van der Waals surface area (Å²) in [7, 11) is 1.77. The maximum Gasteiger partial charge on any atom is 0.412 e. The van der Waals surface area contributed by atoms with Gasteiger partial charge in [-0.05, 0) is 36.7 Å². The molecule has 0 radical (unpaired) electrons. The molecule has 0 saturated heterocycles. The molecule has 0 bridgehead atoms. The van der Waals surface area contributed by atoms with Crippen LogP contribution in [0.25, 0.3) is 0 Å². The highest BCUT2D eigenvalue weighted by Gasteiger charge is 2.17. The van der Waals surface area contributed by atoms with E-state index in [1.54, 1.807) is 17.9 Å². The maximum absolute atomic E-state index is 11.4. The number of aryl methyl sites for hydroxylation is 1. The van der Waals surface area contributed by atoms with E-state index in [0.29, 0.717) is 10.3 Å². The van der Waals surface area contributed by atoms with Crippen LogP contribution in [0.2, 0.25) is 0 Å². The van der Waals surface area contributed by atoms with Crippen molar-refractivity contribution in [1.82, 2.24) is 9.78 Å². The molecule has 1 aromatic heterocycles. The molecule has 0 saturated carbocycles. The average Bonchev–Trinajstić information content (AvgIpc) is 2.25. The lowest BCUT2D eigenvalue weighted by Crippen LogP contribution is -2.27. The number of carbonyl (C=O) groups excluding carboxylic acids is 1. The van der Waals surface area contributed by atoms with Crippen molar-refractivity contribution < 1.29 is 9.53 Å². The molecule has 0 aliphatic rings. The number of hydrogen-bond donors (Lipinski definition) is 1. The number of rotatable bonds is 1. The molecule has 5 nitrogen and oxygen atoms in total. The van der Waals surface area contributed by atoms with Gasteiger partial charge in [0.2, 0.25) is 0 Å². The fraction of sp³-hybridized carbons (Fsp3) is 0.556. The van der Waals surface area contributed by atoms with Crippen LogP contribution in [0.3, 0.4) is 0 Å². The Balaban J connectivity index is 2.63. The molecule has 1 heterocycles. The Morgan fingerprint density at radius 2 is 2.20 bits per heavy atom. The molecule has 6 heteroatoms. The van der Waals surface area contributed by atoms with E-state index in [0.717, 1.165) is 0 Å². The van der Waals surface area contributed by atoms with Crippen molar-refractivity contribution in [2.24, 2.45) is 7.05 Å². The Bertz CT molecular complexity index is 368. The minimum absolute atomic E-state index is 0.490. The van der Waals surface area contributed by atoms with E-state index in [1.165, 1.54) is 0 Å². The van der Waals surface area contributed by atoms with Crippen LogP contribution in [0.4, 0.5) is 10.5 Å². The second-order valence-corrected chi connectivity index (χ2v) is 4.89. The van der Waals surface area contributed by atoms with Crippen molar-refractivity contribution in [2.45, 2.75) is 26.4 Å². The number of nitrogens with zero attached hydrogens (tertiary/aromatic N) is 2. The second kappa shape index (κ2) is 4.22. The zero-order valence-electron chi connectivity index (χ0n) is 9.17. The van der Waals surface area contributed by atoms with Gasteiger partial charge in [0.15, 0.2) is 4.60 Å². The monoisotopic (exact) mass is 275 g/mol. The summed E-state index contributed by atoms with van der Waals surface area (Å²) >= 11 is 3.22. The SMILES string of the molecule is Cn1cc(NC(=O)OC(C)(C)C)c(Br)n1. The number of anilines is 1. The van der Waals surface area contributed by atoms with Gasteiger partial charge in [-0.1, -0.05) is 0 Å². The molecule has 0 aliphatic carbocycles. The number of nitrogens with one attached hydrogen (secondary N) is 1. The number of ether oxygens (including phenoxy) is 1. The first-order valence-corrected chi connectivity index (χ1v) is 5.26. The largest absolute Gasteiger partial charge is 0.444 e. The van der Waals surface area contributed by atoms with Crippen LogP contribution < -0.4 is 5.32 Å². The van der Waals surface area contributed by atoms with Gasteiger partial charge in [0.05, 0.1) is 5.69 Å². The van der Waals surface area contributed by atoms with Gasteiger partial charge in [0.25, 0.3) is 0 Å². The molecule has 1 aromatic rings. The molecule has 0 spiro atoms. The highest BCUT2D eigenvalue weighted by Crippen LogP contribution is 2.20. The minimum Gasteiger partial charge on any atom is -0.444 e. The Morgan fingerprint density at radius 3 is 2.60 bits per heavy atom. The molecule has 1 rings (SSSR count). The molecule has 84 valence electrons. The van der Waals surface area contributed by atoms with Gasteiger partial charge in [-0.25, -0.2) is 4.79 Å². The topological polar surface area (TPSA) is 56.2 Å². The fourth-order valence-electron chi connectivity index (χ4n) is 0.959. The number of hydrogen-bond acceptors (Lipinski definition) is 3. The summed E-state index contributed by atoms with van der Waals surface area (Å²) in [6, 6.07) is 0. The standard InChI is InChI=1S/C9H14BrN3O2/c1-9(2,3)15-8(14)11-6-5-13(4)12-7(6)10/h5H,1-4H3,(H,11,14). The van der Waals surface area contributed by atoms with Crippen LogP contribution in [0, 0.1) is 0 Å². The molecular formula is C9H14BrN3O2. The third-order valence-electron chi connectivity index (χ3n) is 1.42. The normalized spacial score (nSPS) is 11.3. The quantitative estimate of drug-likeness (QED) is 0.857. The van der Waals surface area contributed by atoms with Crippen LogP contribution in [-0.4, -0.2) is 21.5 Å². The van der Waals surface area contributed by atoms with Crippen LogP contribution >= 0.6 is 15.9 Å². The van der Waals surface area contributed by atoms with E-state index in [4.69, 9.17) is 4.74 Å². The van der Waals surface area contributed by atoms with Crippen molar-refractivity contribution in [2.75, 3.05) is 5.32 Å². The summed E-state index contributed by atoms with van der Waals surface area (Å²) in [5.74, 6) is 0. The Hall–Kier alpha value is -1.04. The van der Waals surface area contributed by atoms with E-state index in [2.05, 4.69) is 26.3 Å². The molecule has 15 heavy (non-hydrogen) atoms. The van der Waals surface area contributed by atoms with E-state index < -0.39 is 11.7 Å². The van der Waals surface area contributed by atoms with E-state index in [-0.39, 0.29) is 0 Å². The highest BCUT2D eigenvalue weighted by molar-refractivity contribution is 9.10. The van der Waals surface area contributed by atoms with Crippen molar-refractivity contribution in [1.29, 1.82) is 0 Å². The zero-order chi connectivity index (χ0) is 11.6. The van der Waals surface area contributed by atoms with Crippen LogP contribution in [0.5, 0.6) is 0 Å². The van der Waals surface area contributed by atoms with Gasteiger partial charge in [0.1, 0.15) is 5.60 Å². The van der Waals surface area contributed by atoms with Crippen LogP contribution in [-0.2, 0) is 11.8 Å². The first kappa shape index (κ1) is 12.0. The van der Waals surface area contributed by atoms with Crippen molar-refractivity contribution >= 4 is 27.7 Å². The predicted octanol–water partition coefficient (Wildman–Crippen LogP) is 2.53. The lowest BCUT2D eigenvalue weighted by Gasteiger charge is -2.19. The first-order valence-electron chi connectivity index (χ1n) is 4.47. The number of amides is 1. The predicted molar refractivity (Wildman–Crippen MR) is 60.8 cm³/mol. The summed E-state index contributed by atoms with van der Waals surface area (Å²) in [5, 5.41) is 6.62. The van der Waals surface area contributed by atoms with Gasteiger partial charge in [-0.15, -0.1) is 0 Å². The molecule has 0 fully saturated rings. The Morgan fingerprint density at radius 1 is 1.60 bits per heavy atom. The van der Waals surface area contributed by atoms with Crippen LogP contribution in [0.1, 0.15) is 20.8 Å². The van der Waals surface area contributed by atoms with Gasteiger partial charge in [0, 0.05) is 13.2 Å². The molecule has 1 amide bonds. The summed E-state index contributed by atoms with van der Waals surface area (Å²) in [4.78, 5) is 11.4. The number of aromatic nitrogens is 2. The summed E-state index contributed by atoms with van der Waals surface area (Å²) in [5.41, 5.74) is 0.0884. The third kappa shape index (κ3) is 3.91. The highest BCUT2D eigenvalue weighted by atomic mass is 79.9. The minimum atomic E-state index is -0.501. The third-order valence-corrected chi connectivity index (χ3v) is 2.01. The van der Waals surface area contributed by atoms with Crippen molar-refractivity contribution in [3.63, 3.8) is 0 Å². The smallest absolute Gasteiger partial charge is 0.412 e. The van der Waals surface area contributed by atoms with E-state index in [9.17, 15) is 4.79 Å². The summed E-state index contributed by atoms with van der Waals surface area (Å²) in [6.45, 7) is 5.43. The zero-order valence-corrected chi connectivity index (χ0v) is 10.8. The number of carbonyl (C=O) groups is 1. The van der Waals surface area contributed by atoms with Gasteiger partial charge < -0.3 is 4.74 Å². The van der Waals surface area contributed by atoms with E-state index >= 15 is 0 Å². The van der Waals surface area contributed by atoms with Crippen LogP contribution in [0.15, 0.2) is 10.8 Å². The molecule has 1 N–H and O–H groups in total. The Kier molecular flexibility index (Phi) is 3.38.